The number of rotatable bonds is 4. The third-order valence-electron chi connectivity index (χ3n) is 1.01. The van der Waals surface area contributed by atoms with Crippen LogP contribution in [0, 0.1) is 0 Å². The molecule has 1 atom stereocenters. The second kappa shape index (κ2) is 5.54. The largest absolute Gasteiger partial charge is 0.462 e. The van der Waals surface area contributed by atoms with E-state index in [2.05, 4.69) is 9.47 Å². The van der Waals surface area contributed by atoms with Crippen LogP contribution in [0.2, 0.25) is 0 Å². The smallest absolute Gasteiger partial charge is 0.303 e. The van der Waals surface area contributed by atoms with Crippen LogP contribution in [-0.4, -0.2) is 36.4 Å². The summed E-state index contributed by atoms with van der Waals surface area (Å²) in [6.07, 6.45) is -0.758. The summed E-state index contributed by atoms with van der Waals surface area (Å²) in [6.45, 7) is 2.00. The second-order valence-corrected chi connectivity index (χ2v) is 2.22. The molecule has 0 radical (unpaired) electrons. The lowest BCUT2D eigenvalue weighted by molar-refractivity contribution is -0.158. The first kappa shape index (κ1) is 10.9. The topological polar surface area (TPSA) is 72.8 Å². The predicted molar refractivity (Wildman–Crippen MR) is 39.3 cm³/mol. The molecule has 0 aliphatic carbocycles. The molecule has 0 aliphatic rings. The van der Waals surface area contributed by atoms with Crippen molar-refractivity contribution in [1.82, 2.24) is 0 Å². The molecular formula is C7H12O5. The zero-order chi connectivity index (χ0) is 9.56. The van der Waals surface area contributed by atoms with Crippen LogP contribution in [-0.2, 0) is 19.1 Å². The standard InChI is InChI=1S/C7H12O5/c1-5(9)11-4-7(3-8)12-6(2)10/h7-8H,3-4H2,1-2H3/t7-/m0/s1. The van der Waals surface area contributed by atoms with Crippen LogP contribution in [0.1, 0.15) is 13.8 Å². The lowest BCUT2D eigenvalue weighted by Gasteiger charge is -2.13. The first-order valence-electron chi connectivity index (χ1n) is 3.47. The summed E-state index contributed by atoms with van der Waals surface area (Å²) < 4.78 is 9.10. The number of hydrogen-bond donors (Lipinski definition) is 1. The summed E-state index contributed by atoms with van der Waals surface area (Å²) in [5, 5.41) is 8.62. The van der Waals surface area contributed by atoms with Crippen molar-refractivity contribution in [1.29, 1.82) is 0 Å². The van der Waals surface area contributed by atoms with Gasteiger partial charge in [0, 0.05) is 13.8 Å². The number of aliphatic hydroxyl groups is 1. The van der Waals surface area contributed by atoms with Gasteiger partial charge in [-0.15, -0.1) is 0 Å². The van der Waals surface area contributed by atoms with Crippen LogP contribution in [0.25, 0.3) is 0 Å². The highest BCUT2D eigenvalue weighted by molar-refractivity contribution is 5.67. The number of carbonyl (C=O) groups is 2. The molecule has 70 valence electrons. The molecule has 0 saturated heterocycles. The average molecular weight is 176 g/mol. The molecule has 1 N–H and O–H groups in total. The van der Waals surface area contributed by atoms with Crippen LogP contribution < -0.4 is 0 Å². The van der Waals surface area contributed by atoms with Gasteiger partial charge in [0.1, 0.15) is 6.61 Å². The second-order valence-electron chi connectivity index (χ2n) is 2.22. The average Bonchev–Trinajstić information content (AvgIpc) is 1.97. The Bertz CT molecular complexity index is 165. The van der Waals surface area contributed by atoms with E-state index < -0.39 is 18.0 Å². The van der Waals surface area contributed by atoms with Crippen molar-refractivity contribution >= 4 is 11.9 Å². The quantitative estimate of drug-likeness (QED) is 0.583. The van der Waals surface area contributed by atoms with Crippen LogP contribution >= 0.6 is 0 Å². The molecule has 0 heterocycles. The molecular weight excluding hydrogens is 164 g/mol. The van der Waals surface area contributed by atoms with Gasteiger partial charge in [-0.05, 0) is 0 Å². The van der Waals surface area contributed by atoms with Gasteiger partial charge in [-0.2, -0.15) is 0 Å². The SMILES string of the molecule is CC(=O)OC[C@H](CO)OC(C)=O. The van der Waals surface area contributed by atoms with E-state index in [1.54, 1.807) is 0 Å². The van der Waals surface area contributed by atoms with E-state index in [9.17, 15) is 9.59 Å². The van der Waals surface area contributed by atoms with Crippen molar-refractivity contribution in [3.8, 4) is 0 Å². The van der Waals surface area contributed by atoms with Crippen molar-refractivity contribution in [2.75, 3.05) is 13.2 Å². The minimum absolute atomic E-state index is 0.106. The minimum atomic E-state index is -0.758. The molecule has 0 amide bonds. The first-order chi connectivity index (χ1) is 5.56. The highest BCUT2D eigenvalue weighted by Gasteiger charge is 2.11. The predicted octanol–water partition coefficient (Wildman–Crippen LogP) is -0.527. The molecule has 0 aromatic carbocycles. The molecule has 0 bridgehead atoms. The fraction of sp³-hybridized carbons (Fsp3) is 0.714. The number of aliphatic hydroxyl groups excluding tert-OH is 1. The summed E-state index contributed by atoms with van der Waals surface area (Å²) in [7, 11) is 0. The zero-order valence-electron chi connectivity index (χ0n) is 7.07. The molecule has 0 rings (SSSR count). The van der Waals surface area contributed by atoms with Crippen molar-refractivity contribution in [2.24, 2.45) is 0 Å². The highest BCUT2D eigenvalue weighted by atomic mass is 16.6. The minimum Gasteiger partial charge on any atom is -0.462 e. The van der Waals surface area contributed by atoms with Gasteiger partial charge in [-0.25, -0.2) is 0 Å². The maximum atomic E-state index is 10.4. The molecule has 0 unspecified atom stereocenters. The maximum absolute atomic E-state index is 10.4. The molecule has 5 heteroatoms. The molecule has 0 aliphatic heterocycles. The number of hydrogen-bond acceptors (Lipinski definition) is 5. The molecule has 5 nitrogen and oxygen atoms in total. The van der Waals surface area contributed by atoms with Crippen LogP contribution in [0.5, 0.6) is 0 Å². The molecule has 0 spiro atoms. The zero-order valence-corrected chi connectivity index (χ0v) is 7.07. The number of ether oxygens (including phenoxy) is 2. The summed E-state index contributed by atoms with van der Waals surface area (Å²) in [4.78, 5) is 20.7. The fourth-order valence-electron chi connectivity index (χ4n) is 0.569. The Kier molecular flexibility index (Phi) is 5.03. The molecule has 0 fully saturated rings. The molecule has 0 saturated carbocycles. The lowest BCUT2D eigenvalue weighted by Crippen LogP contribution is -2.26. The summed E-state index contributed by atoms with van der Waals surface area (Å²) in [5.74, 6) is -0.984. The highest BCUT2D eigenvalue weighted by Crippen LogP contribution is 1.93. The van der Waals surface area contributed by atoms with Crippen LogP contribution in [0.15, 0.2) is 0 Å². The Labute approximate surface area is 70.3 Å². The van der Waals surface area contributed by atoms with Crippen molar-refractivity contribution in [3.05, 3.63) is 0 Å². The Morgan fingerprint density at radius 2 is 1.92 bits per heavy atom. The van der Waals surface area contributed by atoms with Gasteiger partial charge >= 0.3 is 11.9 Å². The fourth-order valence-corrected chi connectivity index (χ4v) is 0.569. The van der Waals surface area contributed by atoms with E-state index >= 15 is 0 Å². The van der Waals surface area contributed by atoms with Crippen molar-refractivity contribution < 1.29 is 24.2 Å². The lowest BCUT2D eigenvalue weighted by atomic mass is 10.4. The number of carbonyl (C=O) groups excluding carboxylic acids is 2. The van der Waals surface area contributed by atoms with Crippen molar-refractivity contribution in [2.45, 2.75) is 20.0 Å². The van der Waals surface area contributed by atoms with Gasteiger partial charge in [0.05, 0.1) is 6.61 Å². The Morgan fingerprint density at radius 1 is 1.33 bits per heavy atom. The summed E-state index contributed by atoms with van der Waals surface area (Å²) >= 11 is 0. The van der Waals surface area contributed by atoms with Gasteiger partial charge in [-0.1, -0.05) is 0 Å². The third kappa shape index (κ3) is 5.67. The van der Waals surface area contributed by atoms with Gasteiger partial charge in [0.25, 0.3) is 0 Å². The van der Waals surface area contributed by atoms with E-state index in [0.717, 1.165) is 0 Å². The normalized spacial score (nSPS) is 11.9. The monoisotopic (exact) mass is 176 g/mol. The molecule has 0 aromatic heterocycles. The Hall–Kier alpha value is -1.10. The Morgan fingerprint density at radius 3 is 2.25 bits per heavy atom. The maximum Gasteiger partial charge on any atom is 0.303 e. The Balaban J connectivity index is 3.67. The van der Waals surface area contributed by atoms with E-state index in [0.29, 0.717) is 0 Å². The van der Waals surface area contributed by atoms with E-state index in [1.807, 2.05) is 0 Å². The summed E-state index contributed by atoms with van der Waals surface area (Å²) in [5.41, 5.74) is 0. The van der Waals surface area contributed by atoms with Crippen LogP contribution in [0.3, 0.4) is 0 Å². The van der Waals surface area contributed by atoms with Gasteiger partial charge in [0.2, 0.25) is 0 Å². The van der Waals surface area contributed by atoms with Crippen LogP contribution in [0.4, 0.5) is 0 Å². The van der Waals surface area contributed by atoms with Gasteiger partial charge in [0.15, 0.2) is 6.10 Å². The molecule has 12 heavy (non-hydrogen) atoms. The van der Waals surface area contributed by atoms with E-state index in [1.165, 1.54) is 13.8 Å². The van der Waals surface area contributed by atoms with Crippen molar-refractivity contribution in [3.63, 3.8) is 0 Å². The van der Waals surface area contributed by atoms with E-state index in [4.69, 9.17) is 5.11 Å². The summed E-state index contributed by atoms with van der Waals surface area (Å²) in [6, 6.07) is 0. The number of esters is 2. The first-order valence-corrected chi connectivity index (χ1v) is 3.47. The third-order valence-corrected chi connectivity index (χ3v) is 1.01. The van der Waals surface area contributed by atoms with E-state index in [-0.39, 0.29) is 13.2 Å². The molecule has 0 aromatic rings. The van der Waals surface area contributed by atoms with Gasteiger partial charge in [-0.3, -0.25) is 9.59 Å². The van der Waals surface area contributed by atoms with Gasteiger partial charge < -0.3 is 14.6 Å².